The third-order valence-corrected chi connectivity index (χ3v) is 2.99. The molecule has 0 aliphatic carbocycles. The summed E-state index contributed by atoms with van der Waals surface area (Å²) in [5.41, 5.74) is 0.316. The first kappa shape index (κ1) is 13.5. The van der Waals surface area contributed by atoms with Crippen molar-refractivity contribution < 1.29 is 19.0 Å². The van der Waals surface area contributed by atoms with E-state index in [0.717, 1.165) is 0 Å². The Kier molecular flexibility index (Phi) is 4.16. The van der Waals surface area contributed by atoms with E-state index in [4.69, 9.17) is 4.74 Å². The molecule has 0 saturated carbocycles. The summed E-state index contributed by atoms with van der Waals surface area (Å²) in [6, 6.07) is 10.5. The molecule has 0 aliphatic rings. The third kappa shape index (κ3) is 3.32. The summed E-state index contributed by atoms with van der Waals surface area (Å²) in [5, 5.41) is 9.56. The van der Waals surface area contributed by atoms with Crippen molar-refractivity contribution in [1.29, 1.82) is 0 Å². The molecule has 0 fully saturated rings. The second-order valence-corrected chi connectivity index (χ2v) is 4.74. The molecule has 98 valence electrons. The molecule has 0 atom stereocenters. The van der Waals surface area contributed by atoms with E-state index in [9.17, 15) is 14.3 Å². The maximum atomic E-state index is 13.3. The molecule has 19 heavy (non-hydrogen) atoms. The number of hydrogen-bond acceptors (Lipinski definition) is 3. The lowest BCUT2D eigenvalue weighted by Crippen LogP contribution is -2.06. The van der Waals surface area contributed by atoms with Crippen molar-refractivity contribution in [2.24, 2.45) is 0 Å². The van der Waals surface area contributed by atoms with Crippen LogP contribution in [-0.2, 0) is 11.3 Å². The summed E-state index contributed by atoms with van der Waals surface area (Å²) < 4.78 is 19.0. The number of phenols is 1. The largest absolute Gasteiger partial charge is 0.507 e. The van der Waals surface area contributed by atoms with Gasteiger partial charge < -0.3 is 9.84 Å². The van der Waals surface area contributed by atoms with E-state index in [1.165, 1.54) is 24.3 Å². The lowest BCUT2D eigenvalue weighted by Gasteiger charge is -2.07. The molecular formula is C14H10BrFO3. The van der Waals surface area contributed by atoms with E-state index in [-0.39, 0.29) is 23.5 Å². The Balaban J connectivity index is 2.10. The molecule has 0 aliphatic heterocycles. The molecule has 0 aromatic heterocycles. The van der Waals surface area contributed by atoms with Crippen LogP contribution in [0.3, 0.4) is 0 Å². The Morgan fingerprint density at radius 1 is 1.26 bits per heavy atom. The SMILES string of the molecule is O=C(OCc1ccccc1F)c1cc(Br)ccc1O. The molecule has 5 heteroatoms. The van der Waals surface area contributed by atoms with Gasteiger partial charge in [-0.05, 0) is 24.3 Å². The average molecular weight is 325 g/mol. The summed E-state index contributed by atoms with van der Waals surface area (Å²) in [6.07, 6.45) is 0. The van der Waals surface area contributed by atoms with E-state index in [0.29, 0.717) is 4.47 Å². The summed E-state index contributed by atoms with van der Waals surface area (Å²) in [4.78, 5) is 11.8. The number of aromatic hydroxyl groups is 1. The van der Waals surface area contributed by atoms with Gasteiger partial charge in [-0.3, -0.25) is 0 Å². The molecule has 0 saturated heterocycles. The van der Waals surface area contributed by atoms with Crippen LogP contribution in [-0.4, -0.2) is 11.1 Å². The van der Waals surface area contributed by atoms with Crippen molar-refractivity contribution in [2.45, 2.75) is 6.61 Å². The van der Waals surface area contributed by atoms with Crippen LogP contribution in [0.4, 0.5) is 4.39 Å². The van der Waals surface area contributed by atoms with Crippen molar-refractivity contribution >= 4 is 21.9 Å². The predicted octanol–water partition coefficient (Wildman–Crippen LogP) is 3.65. The normalized spacial score (nSPS) is 10.2. The molecule has 0 heterocycles. The van der Waals surface area contributed by atoms with Crippen LogP contribution in [0.5, 0.6) is 5.75 Å². The van der Waals surface area contributed by atoms with Gasteiger partial charge in [0.15, 0.2) is 0 Å². The van der Waals surface area contributed by atoms with Crippen LogP contribution in [0.25, 0.3) is 0 Å². The Labute approximate surface area is 117 Å². The zero-order chi connectivity index (χ0) is 13.8. The molecule has 3 nitrogen and oxygen atoms in total. The minimum atomic E-state index is -0.706. The second-order valence-electron chi connectivity index (χ2n) is 3.83. The summed E-state index contributed by atoms with van der Waals surface area (Å²) in [7, 11) is 0. The fraction of sp³-hybridized carbons (Fsp3) is 0.0714. The van der Waals surface area contributed by atoms with Gasteiger partial charge in [-0.25, -0.2) is 9.18 Å². The van der Waals surface area contributed by atoms with E-state index < -0.39 is 11.8 Å². The van der Waals surface area contributed by atoms with Crippen LogP contribution >= 0.6 is 15.9 Å². The molecule has 2 aromatic rings. The fourth-order valence-electron chi connectivity index (χ4n) is 1.51. The number of benzene rings is 2. The van der Waals surface area contributed by atoms with Crippen molar-refractivity contribution in [1.82, 2.24) is 0 Å². The first-order chi connectivity index (χ1) is 9.08. The number of rotatable bonds is 3. The highest BCUT2D eigenvalue weighted by molar-refractivity contribution is 9.10. The van der Waals surface area contributed by atoms with Crippen LogP contribution in [0.1, 0.15) is 15.9 Å². The van der Waals surface area contributed by atoms with Crippen molar-refractivity contribution in [3.05, 3.63) is 63.9 Å². The number of carbonyl (C=O) groups excluding carboxylic acids is 1. The van der Waals surface area contributed by atoms with E-state index in [2.05, 4.69) is 15.9 Å². The maximum absolute atomic E-state index is 13.3. The summed E-state index contributed by atoms with van der Waals surface area (Å²) in [5.74, 6) is -1.32. The lowest BCUT2D eigenvalue weighted by molar-refractivity contribution is 0.0465. The Hall–Kier alpha value is -1.88. The van der Waals surface area contributed by atoms with Gasteiger partial charge in [0.25, 0.3) is 0 Å². The number of halogens is 2. The zero-order valence-corrected chi connectivity index (χ0v) is 11.4. The van der Waals surface area contributed by atoms with E-state index >= 15 is 0 Å². The van der Waals surface area contributed by atoms with Gasteiger partial charge in [0.05, 0.1) is 0 Å². The molecule has 0 radical (unpaired) electrons. The average Bonchev–Trinajstić information content (AvgIpc) is 2.40. The van der Waals surface area contributed by atoms with Gasteiger partial charge in [0, 0.05) is 10.0 Å². The molecule has 0 spiro atoms. The van der Waals surface area contributed by atoms with E-state index in [1.807, 2.05) is 0 Å². The molecular weight excluding hydrogens is 315 g/mol. The highest BCUT2D eigenvalue weighted by atomic mass is 79.9. The van der Waals surface area contributed by atoms with Gasteiger partial charge in [0.2, 0.25) is 0 Å². The third-order valence-electron chi connectivity index (χ3n) is 2.50. The molecule has 0 bridgehead atoms. The quantitative estimate of drug-likeness (QED) is 0.876. The highest BCUT2D eigenvalue weighted by Gasteiger charge is 2.14. The minimum absolute atomic E-state index is 0.0331. The lowest BCUT2D eigenvalue weighted by atomic mass is 10.2. The van der Waals surface area contributed by atoms with Gasteiger partial charge in [0.1, 0.15) is 23.7 Å². The molecule has 0 unspecified atom stereocenters. The second kappa shape index (κ2) is 5.84. The molecule has 2 rings (SSSR count). The van der Waals surface area contributed by atoms with Gasteiger partial charge in [-0.1, -0.05) is 34.1 Å². The first-order valence-corrected chi connectivity index (χ1v) is 6.26. The van der Waals surface area contributed by atoms with Crippen molar-refractivity contribution in [3.8, 4) is 5.75 Å². The number of esters is 1. The standard InChI is InChI=1S/C14H10BrFO3/c15-10-5-6-13(17)11(7-10)14(18)19-8-9-3-1-2-4-12(9)16/h1-7,17H,8H2. The molecule has 1 N–H and O–H groups in total. The molecule has 0 amide bonds. The van der Waals surface area contributed by atoms with Gasteiger partial charge in [-0.15, -0.1) is 0 Å². The Morgan fingerprint density at radius 3 is 2.74 bits per heavy atom. The zero-order valence-electron chi connectivity index (χ0n) is 9.77. The molecule has 2 aromatic carbocycles. The van der Waals surface area contributed by atoms with Gasteiger partial charge >= 0.3 is 5.97 Å². The van der Waals surface area contributed by atoms with E-state index in [1.54, 1.807) is 18.2 Å². The summed E-state index contributed by atoms with van der Waals surface area (Å²) >= 11 is 3.19. The number of phenolic OH excluding ortho intramolecular Hbond substituents is 1. The van der Waals surface area contributed by atoms with Crippen molar-refractivity contribution in [3.63, 3.8) is 0 Å². The van der Waals surface area contributed by atoms with Crippen LogP contribution < -0.4 is 0 Å². The minimum Gasteiger partial charge on any atom is -0.507 e. The smallest absolute Gasteiger partial charge is 0.342 e. The van der Waals surface area contributed by atoms with Crippen LogP contribution in [0.15, 0.2) is 46.9 Å². The predicted molar refractivity (Wildman–Crippen MR) is 71.3 cm³/mol. The number of carbonyl (C=O) groups is 1. The monoisotopic (exact) mass is 324 g/mol. The van der Waals surface area contributed by atoms with Crippen LogP contribution in [0, 0.1) is 5.82 Å². The van der Waals surface area contributed by atoms with Crippen molar-refractivity contribution in [2.75, 3.05) is 0 Å². The topological polar surface area (TPSA) is 46.5 Å². The number of ether oxygens (including phenoxy) is 1. The summed E-state index contributed by atoms with van der Waals surface area (Å²) in [6.45, 7) is -0.183. The fourth-order valence-corrected chi connectivity index (χ4v) is 1.87. The Morgan fingerprint density at radius 2 is 2.00 bits per heavy atom. The first-order valence-electron chi connectivity index (χ1n) is 5.47. The number of hydrogen-bond donors (Lipinski definition) is 1. The maximum Gasteiger partial charge on any atom is 0.342 e. The van der Waals surface area contributed by atoms with Crippen LogP contribution in [0.2, 0.25) is 0 Å². The Bertz CT molecular complexity index is 613. The highest BCUT2D eigenvalue weighted by Crippen LogP contribution is 2.23. The van der Waals surface area contributed by atoms with Gasteiger partial charge in [-0.2, -0.15) is 0 Å².